The molecule has 1 aliphatic rings. The highest BCUT2D eigenvalue weighted by Crippen LogP contribution is 2.30. The summed E-state index contributed by atoms with van der Waals surface area (Å²) in [6.07, 6.45) is 3.59. The van der Waals surface area contributed by atoms with Gasteiger partial charge in [-0.15, -0.1) is 0 Å². The molecule has 1 aliphatic heterocycles. The Bertz CT molecular complexity index is 1310. The van der Waals surface area contributed by atoms with Crippen LogP contribution in [0.25, 0.3) is 5.69 Å². The average Bonchev–Trinajstić information content (AvgIpc) is 3.42. The van der Waals surface area contributed by atoms with Crippen LogP contribution in [-0.2, 0) is 17.5 Å². The van der Waals surface area contributed by atoms with Gasteiger partial charge in [-0.1, -0.05) is 36.4 Å². The number of pyridine rings is 1. The van der Waals surface area contributed by atoms with Crippen molar-refractivity contribution in [1.82, 2.24) is 19.8 Å². The first-order valence-corrected chi connectivity index (χ1v) is 13.2. The SMILES string of the molecule is O=C(CC1CCN(Cc2ccn(-c3ccc(C(F)(F)F)cc3)c2)CC1)NC(c1ccccc1)c1ccccn1. The number of likely N-dealkylation sites (tertiary alicyclic amines) is 1. The van der Waals surface area contributed by atoms with E-state index in [9.17, 15) is 18.0 Å². The van der Waals surface area contributed by atoms with E-state index in [-0.39, 0.29) is 11.9 Å². The monoisotopic (exact) mass is 532 g/mol. The largest absolute Gasteiger partial charge is 0.416 e. The molecule has 0 spiro atoms. The maximum absolute atomic E-state index is 13.0. The van der Waals surface area contributed by atoms with Crippen molar-refractivity contribution >= 4 is 5.91 Å². The van der Waals surface area contributed by atoms with Gasteiger partial charge in [0.05, 0.1) is 17.3 Å². The van der Waals surface area contributed by atoms with E-state index < -0.39 is 11.7 Å². The fourth-order valence-electron chi connectivity index (χ4n) is 5.13. The lowest BCUT2D eigenvalue weighted by Gasteiger charge is -2.31. The molecular formula is C31H31F3N4O. The van der Waals surface area contributed by atoms with E-state index in [1.165, 1.54) is 12.1 Å². The number of carbonyl (C=O) groups is 1. The van der Waals surface area contributed by atoms with Crippen LogP contribution in [0.3, 0.4) is 0 Å². The summed E-state index contributed by atoms with van der Waals surface area (Å²) in [5.74, 6) is 0.347. The summed E-state index contributed by atoms with van der Waals surface area (Å²) in [4.78, 5) is 19.9. The van der Waals surface area contributed by atoms with Crippen LogP contribution in [0.2, 0.25) is 0 Å². The highest BCUT2D eigenvalue weighted by atomic mass is 19.4. The van der Waals surface area contributed by atoms with Crippen LogP contribution in [-0.4, -0.2) is 33.4 Å². The second-order valence-corrected chi connectivity index (χ2v) is 10.1. The van der Waals surface area contributed by atoms with Crippen molar-refractivity contribution in [3.8, 4) is 5.69 Å². The van der Waals surface area contributed by atoms with Gasteiger partial charge in [0.15, 0.2) is 0 Å². The zero-order chi connectivity index (χ0) is 27.2. The maximum atomic E-state index is 13.0. The number of amides is 1. The quantitative estimate of drug-likeness (QED) is 0.286. The summed E-state index contributed by atoms with van der Waals surface area (Å²) in [5.41, 5.74) is 2.96. The van der Waals surface area contributed by atoms with Crippen molar-refractivity contribution in [3.05, 3.63) is 120 Å². The van der Waals surface area contributed by atoms with Crippen molar-refractivity contribution in [1.29, 1.82) is 0 Å². The maximum Gasteiger partial charge on any atom is 0.416 e. The summed E-state index contributed by atoms with van der Waals surface area (Å²) in [5, 5.41) is 3.20. The van der Waals surface area contributed by atoms with Gasteiger partial charge in [-0.2, -0.15) is 13.2 Å². The molecule has 1 fully saturated rings. The molecule has 1 N–H and O–H groups in total. The van der Waals surface area contributed by atoms with Crippen LogP contribution >= 0.6 is 0 Å². The molecule has 2 aromatic heterocycles. The van der Waals surface area contributed by atoms with Crippen LogP contribution in [0.15, 0.2) is 97.5 Å². The second kappa shape index (κ2) is 11.9. The van der Waals surface area contributed by atoms with Crippen LogP contribution in [0.5, 0.6) is 0 Å². The van der Waals surface area contributed by atoms with Crippen molar-refractivity contribution < 1.29 is 18.0 Å². The number of halogens is 3. The van der Waals surface area contributed by atoms with E-state index in [2.05, 4.69) is 15.2 Å². The third-order valence-corrected chi connectivity index (χ3v) is 7.26. The van der Waals surface area contributed by atoms with Gasteiger partial charge in [0, 0.05) is 37.2 Å². The molecular weight excluding hydrogens is 501 g/mol. The Morgan fingerprint density at radius 2 is 1.67 bits per heavy atom. The van der Waals surface area contributed by atoms with Gasteiger partial charge in [0.25, 0.3) is 0 Å². The molecule has 5 nitrogen and oxygen atoms in total. The number of nitrogens with zero attached hydrogens (tertiary/aromatic N) is 3. The van der Waals surface area contributed by atoms with Crippen LogP contribution < -0.4 is 5.32 Å². The lowest BCUT2D eigenvalue weighted by Crippen LogP contribution is -2.36. The number of aromatic nitrogens is 2. The predicted molar refractivity (Wildman–Crippen MR) is 144 cm³/mol. The van der Waals surface area contributed by atoms with Crippen LogP contribution in [0.4, 0.5) is 13.2 Å². The van der Waals surface area contributed by atoms with Gasteiger partial charge in [-0.25, -0.2) is 0 Å². The van der Waals surface area contributed by atoms with Gasteiger partial charge in [0.1, 0.15) is 0 Å². The minimum atomic E-state index is -4.34. The first-order chi connectivity index (χ1) is 18.8. The Morgan fingerprint density at radius 1 is 0.949 bits per heavy atom. The zero-order valence-corrected chi connectivity index (χ0v) is 21.5. The summed E-state index contributed by atoms with van der Waals surface area (Å²) >= 11 is 0. The van der Waals surface area contributed by atoms with E-state index in [0.29, 0.717) is 18.0 Å². The molecule has 0 bridgehead atoms. The Balaban J connectivity index is 1.12. The van der Waals surface area contributed by atoms with Gasteiger partial charge >= 0.3 is 6.18 Å². The molecule has 8 heteroatoms. The lowest BCUT2D eigenvalue weighted by atomic mass is 9.92. The average molecular weight is 533 g/mol. The van der Waals surface area contributed by atoms with Crippen LogP contribution in [0.1, 0.15) is 47.7 Å². The number of alkyl halides is 3. The Labute approximate surface area is 226 Å². The molecule has 1 saturated heterocycles. The smallest absolute Gasteiger partial charge is 0.344 e. The standard InChI is InChI=1S/C31H31F3N4O/c32-31(33,34)26-9-11-27(12-10-26)38-19-15-24(22-38)21-37-17-13-23(14-18-37)20-29(39)36-30(25-6-2-1-3-7-25)28-8-4-5-16-35-28/h1-12,15-16,19,22-23,30H,13-14,17-18,20-21H2,(H,36,39). The molecule has 1 atom stereocenters. The van der Waals surface area contributed by atoms with E-state index in [0.717, 1.165) is 61.4 Å². The molecule has 4 aromatic rings. The molecule has 3 heterocycles. The van der Waals surface area contributed by atoms with E-state index in [4.69, 9.17) is 0 Å². The Kier molecular flexibility index (Phi) is 8.12. The predicted octanol–water partition coefficient (Wildman–Crippen LogP) is 6.40. The Hall–Kier alpha value is -3.91. The zero-order valence-electron chi connectivity index (χ0n) is 21.5. The first-order valence-electron chi connectivity index (χ1n) is 13.2. The van der Waals surface area contributed by atoms with Gasteiger partial charge in [-0.3, -0.25) is 14.7 Å². The number of piperidine rings is 1. The summed E-state index contributed by atoms with van der Waals surface area (Å²) in [6, 6.07) is 22.5. The molecule has 1 amide bonds. The lowest BCUT2D eigenvalue weighted by molar-refractivity contribution is -0.137. The molecule has 2 aromatic carbocycles. The highest BCUT2D eigenvalue weighted by Gasteiger charge is 2.30. The third-order valence-electron chi connectivity index (χ3n) is 7.26. The molecule has 39 heavy (non-hydrogen) atoms. The summed E-state index contributed by atoms with van der Waals surface area (Å²) in [6.45, 7) is 2.56. The van der Waals surface area contributed by atoms with Gasteiger partial charge < -0.3 is 9.88 Å². The number of rotatable bonds is 8. The molecule has 0 aliphatic carbocycles. The molecule has 5 rings (SSSR count). The second-order valence-electron chi connectivity index (χ2n) is 10.1. The number of hydrogen-bond donors (Lipinski definition) is 1. The highest BCUT2D eigenvalue weighted by molar-refractivity contribution is 5.77. The molecule has 0 radical (unpaired) electrons. The fourth-order valence-corrected chi connectivity index (χ4v) is 5.13. The molecule has 1 unspecified atom stereocenters. The van der Waals surface area contributed by atoms with Crippen molar-refractivity contribution in [3.63, 3.8) is 0 Å². The molecule has 202 valence electrons. The first kappa shape index (κ1) is 26.7. The number of benzene rings is 2. The van der Waals surface area contributed by atoms with Gasteiger partial charge in [-0.05, 0) is 85.4 Å². The topological polar surface area (TPSA) is 50.2 Å². The van der Waals surface area contributed by atoms with Crippen molar-refractivity contribution in [2.24, 2.45) is 5.92 Å². The third kappa shape index (κ3) is 6.95. The minimum Gasteiger partial charge on any atom is -0.344 e. The number of nitrogens with one attached hydrogen (secondary N) is 1. The summed E-state index contributed by atoms with van der Waals surface area (Å²) in [7, 11) is 0. The van der Waals surface area contributed by atoms with Gasteiger partial charge in [0.2, 0.25) is 5.91 Å². The number of hydrogen-bond acceptors (Lipinski definition) is 3. The Morgan fingerprint density at radius 3 is 2.33 bits per heavy atom. The van der Waals surface area contributed by atoms with E-state index in [1.807, 2.05) is 71.6 Å². The minimum absolute atomic E-state index is 0.0292. The fraction of sp³-hybridized carbons (Fsp3) is 0.290. The van der Waals surface area contributed by atoms with E-state index >= 15 is 0 Å². The normalized spacial score (nSPS) is 15.7. The van der Waals surface area contributed by atoms with Crippen molar-refractivity contribution in [2.45, 2.75) is 38.0 Å². The number of carbonyl (C=O) groups excluding carboxylic acids is 1. The van der Waals surface area contributed by atoms with Crippen molar-refractivity contribution in [2.75, 3.05) is 13.1 Å². The van der Waals surface area contributed by atoms with Crippen LogP contribution in [0, 0.1) is 5.92 Å². The van der Waals surface area contributed by atoms with E-state index in [1.54, 1.807) is 6.20 Å². The molecule has 0 saturated carbocycles. The summed E-state index contributed by atoms with van der Waals surface area (Å²) < 4.78 is 40.4.